The molecular weight excluding hydrogens is 230 g/mol. The van der Waals surface area contributed by atoms with Gasteiger partial charge in [0.15, 0.2) is 0 Å². The van der Waals surface area contributed by atoms with E-state index in [9.17, 15) is 0 Å². The van der Waals surface area contributed by atoms with Crippen molar-refractivity contribution in [1.82, 2.24) is 4.98 Å². The Bertz CT molecular complexity index is 635. The van der Waals surface area contributed by atoms with Gasteiger partial charge in [0.25, 0.3) is 0 Å². The number of fused-ring (bicyclic) bond motifs is 1. The fourth-order valence-electron chi connectivity index (χ4n) is 1.80. The summed E-state index contributed by atoms with van der Waals surface area (Å²) < 4.78 is 1.17. The van der Waals surface area contributed by atoms with Crippen LogP contribution in [0.1, 0.15) is 0 Å². The van der Waals surface area contributed by atoms with Gasteiger partial charge in [-0.2, -0.15) is 0 Å². The molecule has 0 saturated heterocycles. The zero-order valence-corrected chi connectivity index (χ0v) is 9.87. The van der Waals surface area contributed by atoms with Gasteiger partial charge in [0.2, 0.25) is 0 Å². The molecule has 0 spiro atoms. The predicted molar refractivity (Wildman–Crippen MR) is 73.9 cm³/mol. The first kappa shape index (κ1) is 10.1. The molecule has 0 fully saturated rings. The third-order valence-electron chi connectivity index (χ3n) is 2.52. The molecule has 3 aromatic rings. The van der Waals surface area contributed by atoms with Crippen LogP contribution in [0.25, 0.3) is 20.8 Å². The van der Waals surface area contributed by atoms with Crippen LogP contribution in [0.2, 0.25) is 0 Å². The maximum atomic E-state index is 5.79. The van der Waals surface area contributed by atoms with Gasteiger partial charge in [0.1, 0.15) is 5.01 Å². The van der Waals surface area contributed by atoms with Gasteiger partial charge < -0.3 is 11.5 Å². The molecular formula is C13H11N3S. The van der Waals surface area contributed by atoms with Gasteiger partial charge in [0.05, 0.1) is 10.2 Å². The maximum Gasteiger partial charge on any atom is 0.124 e. The molecule has 4 heteroatoms. The monoisotopic (exact) mass is 241 g/mol. The van der Waals surface area contributed by atoms with Gasteiger partial charge in [-0.15, -0.1) is 11.3 Å². The second kappa shape index (κ2) is 3.75. The van der Waals surface area contributed by atoms with E-state index in [0.717, 1.165) is 16.1 Å². The van der Waals surface area contributed by atoms with Gasteiger partial charge in [-0.3, -0.25) is 0 Å². The van der Waals surface area contributed by atoms with Crippen LogP contribution >= 0.6 is 11.3 Å². The van der Waals surface area contributed by atoms with Gasteiger partial charge in [0, 0.05) is 16.9 Å². The first-order chi connectivity index (χ1) is 8.22. The summed E-state index contributed by atoms with van der Waals surface area (Å²) in [5, 5.41) is 0.949. The highest BCUT2D eigenvalue weighted by Crippen LogP contribution is 2.31. The molecule has 0 saturated carbocycles. The van der Waals surface area contributed by atoms with Gasteiger partial charge >= 0.3 is 0 Å². The zero-order valence-electron chi connectivity index (χ0n) is 9.05. The van der Waals surface area contributed by atoms with Crippen LogP contribution in [0.5, 0.6) is 0 Å². The normalized spacial score (nSPS) is 10.8. The molecule has 1 aromatic heterocycles. The number of benzene rings is 2. The molecule has 3 nitrogen and oxygen atoms in total. The van der Waals surface area contributed by atoms with Crippen LogP contribution in [-0.2, 0) is 0 Å². The Balaban J connectivity index is 2.20. The Kier molecular flexibility index (Phi) is 2.23. The minimum absolute atomic E-state index is 0.666. The molecule has 0 aliphatic carbocycles. The molecule has 84 valence electrons. The number of rotatable bonds is 1. The van der Waals surface area contributed by atoms with Gasteiger partial charge in [-0.05, 0) is 30.3 Å². The number of para-hydroxylation sites is 1. The average molecular weight is 241 g/mol. The van der Waals surface area contributed by atoms with Crippen molar-refractivity contribution in [2.24, 2.45) is 0 Å². The van der Waals surface area contributed by atoms with E-state index >= 15 is 0 Å². The molecule has 0 aliphatic rings. The lowest BCUT2D eigenvalue weighted by Gasteiger charge is -2.00. The average Bonchev–Trinajstić information content (AvgIpc) is 2.71. The Hall–Kier alpha value is -2.07. The number of nitrogens with two attached hydrogens (primary N) is 2. The molecule has 0 amide bonds. The number of nitrogen functional groups attached to an aromatic ring is 2. The van der Waals surface area contributed by atoms with E-state index in [1.54, 1.807) is 17.4 Å². The predicted octanol–water partition coefficient (Wildman–Crippen LogP) is 3.13. The van der Waals surface area contributed by atoms with Crippen LogP contribution in [0, 0.1) is 0 Å². The largest absolute Gasteiger partial charge is 0.399 e. The van der Waals surface area contributed by atoms with Gasteiger partial charge in [-0.1, -0.05) is 12.1 Å². The minimum Gasteiger partial charge on any atom is -0.399 e. The SMILES string of the molecule is Nc1cc(N)cc(-c2nc3ccccc3s2)c1. The summed E-state index contributed by atoms with van der Waals surface area (Å²) in [7, 11) is 0. The van der Waals surface area contributed by atoms with E-state index in [1.165, 1.54) is 4.70 Å². The molecule has 4 N–H and O–H groups in total. The number of hydrogen-bond donors (Lipinski definition) is 2. The second-order valence-corrected chi connectivity index (χ2v) is 4.91. The lowest BCUT2D eigenvalue weighted by Crippen LogP contribution is -1.90. The van der Waals surface area contributed by atoms with Crippen molar-refractivity contribution >= 4 is 32.9 Å². The highest BCUT2D eigenvalue weighted by Gasteiger charge is 2.06. The number of hydrogen-bond acceptors (Lipinski definition) is 4. The molecule has 0 unspecified atom stereocenters. The van der Waals surface area contributed by atoms with E-state index in [1.807, 2.05) is 30.3 Å². The standard InChI is InChI=1S/C13H11N3S/c14-9-5-8(6-10(15)7-9)13-16-11-3-1-2-4-12(11)17-13/h1-7H,14-15H2. The van der Waals surface area contributed by atoms with Crippen molar-refractivity contribution in [3.8, 4) is 10.6 Å². The highest BCUT2D eigenvalue weighted by atomic mass is 32.1. The molecule has 0 aliphatic heterocycles. The fourth-order valence-corrected chi connectivity index (χ4v) is 2.75. The third-order valence-corrected chi connectivity index (χ3v) is 3.60. The van der Waals surface area contributed by atoms with E-state index in [0.29, 0.717) is 11.4 Å². The maximum absolute atomic E-state index is 5.79. The van der Waals surface area contributed by atoms with Crippen LogP contribution < -0.4 is 11.5 Å². The smallest absolute Gasteiger partial charge is 0.124 e. The summed E-state index contributed by atoms with van der Waals surface area (Å²) in [5.74, 6) is 0. The molecule has 17 heavy (non-hydrogen) atoms. The van der Waals surface area contributed by atoms with Crippen molar-refractivity contribution in [3.63, 3.8) is 0 Å². The van der Waals surface area contributed by atoms with Crippen molar-refractivity contribution in [1.29, 1.82) is 0 Å². The first-order valence-electron chi connectivity index (χ1n) is 5.24. The summed E-state index contributed by atoms with van der Waals surface area (Å²) >= 11 is 1.65. The number of nitrogens with zero attached hydrogens (tertiary/aromatic N) is 1. The Morgan fingerprint density at radius 1 is 0.941 bits per heavy atom. The number of anilines is 2. The lowest BCUT2D eigenvalue weighted by atomic mass is 10.2. The lowest BCUT2D eigenvalue weighted by molar-refractivity contribution is 1.48. The van der Waals surface area contributed by atoms with Gasteiger partial charge in [-0.25, -0.2) is 4.98 Å². The molecule has 2 aromatic carbocycles. The molecule has 0 radical (unpaired) electrons. The summed E-state index contributed by atoms with van der Waals surface area (Å²) in [6, 6.07) is 13.6. The van der Waals surface area contributed by atoms with Crippen molar-refractivity contribution in [2.45, 2.75) is 0 Å². The van der Waals surface area contributed by atoms with E-state index in [4.69, 9.17) is 11.5 Å². The van der Waals surface area contributed by atoms with Crippen LogP contribution in [0.3, 0.4) is 0 Å². The summed E-state index contributed by atoms with van der Waals surface area (Å²) in [5.41, 5.74) is 14.9. The van der Waals surface area contributed by atoms with E-state index < -0.39 is 0 Å². The van der Waals surface area contributed by atoms with E-state index in [-0.39, 0.29) is 0 Å². The Morgan fingerprint density at radius 2 is 1.65 bits per heavy atom. The van der Waals surface area contributed by atoms with Crippen LogP contribution in [0.4, 0.5) is 11.4 Å². The molecule has 0 atom stereocenters. The molecule has 0 bridgehead atoms. The fraction of sp³-hybridized carbons (Fsp3) is 0. The third kappa shape index (κ3) is 1.83. The Morgan fingerprint density at radius 3 is 2.35 bits per heavy atom. The minimum atomic E-state index is 0.666. The van der Waals surface area contributed by atoms with Crippen LogP contribution in [-0.4, -0.2) is 4.98 Å². The topological polar surface area (TPSA) is 64.9 Å². The van der Waals surface area contributed by atoms with Crippen molar-refractivity contribution < 1.29 is 0 Å². The van der Waals surface area contributed by atoms with Crippen molar-refractivity contribution in [2.75, 3.05) is 11.5 Å². The summed E-state index contributed by atoms with van der Waals surface area (Å²) in [6.07, 6.45) is 0. The second-order valence-electron chi connectivity index (χ2n) is 3.88. The van der Waals surface area contributed by atoms with Crippen molar-refractivity contribution in [3.05, 3.63) is 42.5 Å². The number of thiazole rings is 1. The Labute approximate surface area is 103 Å². The zero-order chi connectivity index (χ0) is 11.8. The molecule has 3 rings (SSSR count). The quantitative estimate of drug-likeness (QED) is 0.643. The summed E-state index contributed by atoms with van der Waals surface area (Å²) in [6.45, 7) is 0. The van der Waals surface area contributed by atoms with E-state index in [2.05, 4.69) is 11.1 Å². The summed E-state index contributed by atoms with van der Waals surface area (Å²) in [4.78, 5) is 4.57. The van der Waals surface area contributed by atoms with Crippen LogP contribution in [0.15, 0.2) is 42.5 Å². The molecule has 1 heterocycles. The first-order valence-corrected chi connectivity index (χ1v) is 6.06. The highest BCUT2D eigenvalue weighted by molar-refractivity contribution is 7.21. The number of aromatic nitrogens is 1.